The maximum absolute atomic E-state index is 13.6. The van der Waals surface area contributed by atoms with Gasteiger partial charge in [-0.1, -0.05) is 29.3 Å². The van der Waals surface area contributed by atoms with Gasteiger partial charge in [0.15, 0.2) is 5.69 Å². The van der Waals surface area contributed by atoms with Gasteiger partial charge in [0.05, 0.1) is 22.5 Å². The van der Waals surface area contributed by atoms with Crippen LogP contribution in [-0.4, -0.2) is 15.7 Å². The standard InChI is InChI=1S/C17H9Cl2F4N3O/c18-9-2-1-3-11(6-9)26-15(17(21,22)23)12(8-24-26)16(27)25-10-4-5-14(20)13(19)7-10/h1-8H,(H,25,27). The number of hydrogen-bond acceptors (Lipinski definition) is 2. The van der Waals surface area contributed by atoms with Gasteiger partial charge >= 0.3 is 6.18 Å². The van der Waals surface area contributed by atoms with E-state index in [0.29, 0.717) is 4.68 Å². The number of aromatic nitrogens is 2. The lowest BCUT2D eigenvalue weighted by atomic mass is 10.2. The Morgan fingerprint density at radius 3 is 2.48 bits per heavy atom. The van der Waals surface area contributed by atoms with Crippen LogP contribution in [0.5, 0.6) is 0 Å². The zero-order valence-electron chi connectivity index (χ0n) is 13.2. The molecule has 0 aliphatic heterocycles. The molecule has 0 saturated carbocycles. The summed E-state index contributed by atoms with van der Waals surface area (Å²) >= 11 is 11.4. The number of nitrogens with zero attached hydrogens (tertiary/aromatic N) is 2. The van der Waals surface area contributed by atoms with Gasteiger partial charge in [0.25, 0.3) is 5.91 Å². The van der Waals surface area contributed by atoms with Crippen molar-refractivity contribution in [1.29, 1.82) is 0 Å². The summed E-state index contributed by atoms with van der Waals surface area (Å²) in [6, 6.07) is 8.85. The Morgan fingerprint density at radius 1 is 1.11 bits per heavy atom. The summed E-state index contributed by atoms with van der Waals surface area (Å²) in [6.07, 6.45) is -4.07. The molecular weight excluding hydrogens is 409 g/mol. The molecule has 0 radical (unpaired) electrons. The highest BCUT2D eigenvalue weighted by Crippen LogP contribution is 2.34. The second kappa shape index (κ2) is 7.21. The van der Waals surface area contributed by atoms with Gasteiger partial charge in [0.2, 0.25) is 0 Å². The highest BCUT2D eigenvalue weighted by molar-refractivity contribution is 6.31. The summed E-state index contributed by atoms with van der Waals surface area (Å²) < 4.78 is 54.6. The molecule has 3 rings (SSSR count). The van der Waals surface area contributed by atoms with E-state index in [-0.39, 0.29) is 21.4 Å². The van der Waals surface area contributed by atoms with Gasteiger partial charge in [-0.15, -0.1) is 0 Å². The highest BCUT2D eigenvalue weighted by atomic mass is 35.5. The molecule has 1 aromatic heterocycles. The monoisotopic (exact) mass is 417 g/mol. The predicted molar refractivity (Wildman–Crippen MR) is 92.9 cm³/mol. The van der Waals surface area contributed by atoms with Crippen LogP contribution in [0.25, 0.3) is 5.69 Å². The Kier molecular flexibility index (Phi) is 5.12. The molecule has 140 valence electrons. The molecule has 1 amide bonds. The molecule has 27 heavy (non-hydrogen) atoms. The molecule has 10 heteroatoms. The molecule has 0 spiro atoms. The van der Waals surface area contributed by atoms with Crippen molar-refractivity contribution in [3.63, 3.8) is 0 Å². The largest absolute Gasteiger partial charge is 0.434 e. The van der Waals surface area contributed by atoms with Crippen LogP contribution in [0.1, 0.15) is 16.1 Å². The van der Waals surface area contributed by atoms with Gasteiger partial charge in [-0.3, -0.25) is 4.79 Å². The lowest BCUT2D eigenvalue weighted by molar-refractivity contribution is -0.143. The maximum atomic E-state index is 13.6. The van der Waals surface area contributed by atoms with Gasteiger partial charge in [-0.2, -0.15) is 18.3 Å². The van der Waals surface area contributed by atoms with Crippen molar-refractivity contribution in [2.24, 2.45) is 0 Å². The summed E-state index contributed by atoms with van der Waals surface area (Å²) in [5.74, 6) is -1.79. The van der Waals surface area contributed by atoms with Gasteiger partial charge in [-0.25, -0.2) is 9.07 Å². The van der Waals surface area contributed by atoms with Crippen LogP contribution in [0.3, 0.4) is 0 Å². The number of hydrogen-bond donors (Lipinski definition) is 1. The minimum absolute atomic E-state index is 0.0371. The van der Waals surface area contributed by atoms with Crippen molar-refractivity contribution in [2.75, 3.05) is 5.32 Å². The van der Waals surface area contributed by atoms with Crippen molar-refractivity contribution in [2.45, 2.75) is 6.18 Å². The van der Waals surface area contributed by atoms with Crippen molar-refractivity contribution < 1.29 is 22.4 Å². The minimum atomic E-state index is -4.87. The highest BCUT2D eigenvalue weighted by Gasteiger charge is 2.40. The number of alkyl halides is 3. The van der Waals surface area contributed by atoms with Gasteiger partial charge < -0.3 is 5.32 Å². The topological polar surface area (TPSA) is 46.9 Å². The zero-order valence-corrected chi connectivity index (χ0v) is 14.7. The second-order valence-corrected chi connectivity index (χ2v) is 6.22. The Balaban J connectivity index is 2.02. The van der Waals surface area contributed by atoms with Crippen LogP contribution in [0, 0.1) is 5.82 Å². The third-order valence-corrected chi connectivity index (χ3v) is 4.04. The summed E-state index contributed by atoms with van der Waals surface area (Å²) in [5.41, 5.74) is -1.90. The Hall–Kier alpha value is -2.58. The lowest BCUT2D eigenvalue weighted by Gasteiger charge is -2.13. The van der Waals surface area contributed by atoms with Gasteiger partial charge in [0, 0.05) is 10.7 Å². The molecular formula is C17H9Cl2F4N3O. The summed E-state index contributed by atoms with van der Waals surface area (Å²) in [7, 11) is 0. The van der Waals surface area contributed by atoms with E-state index in [0.717, 1.165) is 18.3 Å². The van der Waals surface area contributed by atoms with E-state index >= 15 is 0 Å². The molecule has 0 aliphatic rings. The molecule has 0 unspecified atom stereocenters. The fourth-order valence-corrected chi connectivity index (χ4v) is 2.73. The number of anilines is 1. The van der Waals surface area contributed by atoms with E-state index in [2.05, 4.69) is 10.4 Å². The number of halogens is 6. The van der Waals surface area contributed by atoms with Crippen LogP contribution in [-0.2, 0) is 6.18 Å². The molecule has 1 N–H and O–H groups in total. The van der Waals surface area contributed by atoms with E-state index in [1.807, 2.05) is 0 Å². The third kappa shape index (κ3) is 4.06. The van der Waals surface area contributed by atoms with Crippen LogP contribution in [0.15, 0.2) is 48.7 Å². The maximum Gasteiger partial charge on any atom is 0.434 e. The molecule has 0 bridgehead atoms. The lowest BCUT2D eigenvalue weighted by Crippen LogP contribution is -2.20. The first-order chi connectivity index (χ1) is 12.7. The average Bonchev–Trinajstić information content (AvgIpc) is 3.04. The number of amides is 1. The number of rotatable bonds is 3. The predicted octanol–water partition coefficient (Wildman–Crippen LogP) is 5.59. The summed E-state index contributed by atoms with van der Waals surface area (Å²) in [5, 5.41) is 5.86. The SMILES string of the molecule is O=C(Nc1ccc(F)c(Cl)c1)c1cnn(-c2cccc(Cl)c2)c1C(F)(F)F. The fourth-order valence-electron chi connectivity index (χ4n) is 2.36. The average molecular weight is 418 g/mol. The molecule has 3 aromatic rings. The fraction of sp³-hybridized carbons (Fsp3) is 0.0588. The first-order valence-corrected chi connectivity index (χ1v) is 8.10. The summed E-state index contributed by atoms with van der Waals surface area (Å²) in [6.45, 7) is 0. The van der Waals surface area contributed by atoms with Crippen molar-refractivity contribution in [3.8, 4) is 5.69 Å². The summed E-state index contributed by atoms with van der Waals surface area (Å²) in [4.78, 5) is 12.4. The molecule has 4 nitrogen and oxygen atoms in total. The molecule has 0 aliphatic carbocycles. The molecule has 0 saturated heterocycles. The van der Waals surface area contributed by atoms with Crippen LogP contribution in [0.4, 0.5) is 23.2 Å². The van der Waals surface area contributed by atoms with Crippen LogP contribution < -0.4 is 5.32 Å². The molecule has 0 fully saturated rings. The van der Waals surface area contributed by atoms with Crippen molar-refractivity contribution in [3.05, 3.63) is 75.8 Å². The quantitative estimate of drug-likeness (QED) is 0.564. The minimum Gasteiger partial charge on any atom is -0.322 e. The second-order valence-electron chi connectivity index (χ2n) is 5.38. The smallest absolute Gasteiger partial charge is 0.322 e. The van der Waals surface area contributed by atoms with Crippen LogP contribution in [0.2, 0.25) is 10.0 Å². The Morgan fingerprint density at radius 2 is 1.85 bits per heavy atom. The number of carbonyl (C=O) groups excluding carboxylic acids is 1. The molecule has 2 aromatic carbocycles. The van der Waals surface area contributed by atoms with Gasteiger partial charge in [-0.05, 0) is 36.4 Å². The number of benzene rings is 2. The number of nitrogens with one attached hydrogen (secondary N) is 1. The van der Waals surface area contributed by atoms with Crippen molar-refractivity contribution in [1.82, 2.24) is 9.78 Å². The van der Waals surface area contributed by atoms with E-state index in [1.54, 1.807) is 0 Å². The zero-order chi connectivity index (χ0) is 19.8. The van der Waals surface area contributed by atoms with E-state index in [4.69, 9.17) is 23.2 Å². The van der Waals surface area contributed by atoms with Gasteiger partial charge in [0.1, 0.15) is 5.82 Å². The van der Waals surface area contributed by atoms with Crippen molar-refractivity contribution >= 4 is 34.8 Å². The molecule has 1 heterocycles. The Labute approximate surface area is 160 Å². The first kappa shape index (κ1) is 19.2. The number of carbonyl (C=O) groups is 1. The van der Waals surface area contributed by atoms with E-state index in [1.165, 1.54) is 30.3 Å². The van der Waals surface area contributed by atoms with Crippen LogP contribution >= 0.6 is 23.2 Å². The Bertz CT molecular complexity index is 1020. The van der Waals surface area contributed by atoms with E-state index in [9.17, 15) is 22.4 Å². The van der Waals surface area contributed by atoms with E-state index < -0.39 is 29.2 Å². The first-order valence-electron chi connectivity index (χ1n) is 7.34. The normalized spacial score (nSPS) is 11.5. The molecule has 0 atom stereocenters. The third-order valence-electron chi connectivity index (χ3n) is 3.51.